The molecule has 1 aromatic carbocycles. The minimum absolute atomic E-state index is 0.0384. The molecule has 5 heteroatoms. The second-order valence-electron chi connectivity index (χ2n) is 2.46. The molecule has 0 aliphatic rings. The van der Waals surface area contributed by atoms with Crippen molar-refractivity contribution in [3.05, 3.63) is 22.2 Å². The van der Waals surface area contributed by atoms with Crippen molar-refractivity contribution in [3.63, 3.8) is 0 Å². The smallest absolute Gasteiger partial charge is 0.166 e. The van der Waals surface area contributed by atoms with E-state index in [-0.39, 0.29) is 5.75 Å². The Morgan fingerprint density at radius 3 is 2.71 bits per heavy atom. The molecule has 0 saturated heterocycles. The van der Waals surface area contributed by atoms with Gasteiger partial charge in [0.05, 0.1) is 13.3 Å². The molecule has 1 aromatic rings. The molecule has 14 heavy (non-hydrogen) atoms. The molecule has 0 heterocycles. The van der Waals surface area contributed by atoms with Crippen LogP contribution in [0.5, 0.6) is 11.5 Å². The lowest BCUT2D eigenvalue weighted by Crippen LogP contribution is -1.89. The minimum atomic E-state index is 0.0384. The van der Waals surface area contributed by atoms with Crippen LogP contribution in [-0.2, 0) is 4.84 Å². The van der Waals surface area contributed by atoms with Gasteiger partial charge in [0.2, 0.25) is 0 Å². The Kier molecular flexibility index (Phi) is 3.76. The lowest BCUT2D eigenvalue weighted by atomic mass is 10.2. The molecule has 0 unspecified atom stereocenters. The van der Waals surface area contributed by atoms with E-state index >= 15 is 0 Å². The number of ether oxygens (including phenoxy) is 1. The minimum Gasteiger partial charge on any atom is -0.504 e. The third-order valence-corrected chi connectivity index (χ3v) is 2.04. The first-order chi connectivity index (χ1) is 6.69. The molecular formula is C9H10BrNO3. The maximum atomic E-state index is 9.65. The third-order valence-electron chi connectivity index (χ3n) is 1.59. The van der Waals surface area contributed by atoms with Gasteiger partial charge in [0.1, 0.15) is 7.11 Å². The van der Waals surface area contributed by atoms with Crippen molar-refractivity contribution in [1.29, 1.82) is 0 Å². The molecule has 1 rings (SSSR count). The summed E-state index contributed by atoms with van der Waals surface area (Å²) in [4.78, 5) is 4.52. The fourth-order valence-corrected chi connectivity index (χ4v) is 1.41. The van der Waals surface area contributed by atoms with E-state index in [2.05, 4.69) is 25.9 Å². The lowest BCUT2D eigenvalue weighted by molar-refractivity contribution is 0.215. The molecule has 0 fully saturated rings. The third kappa shape index (κ3) is 2.38. The maximum absolute atomic E-state index is 9.65. The van der Waals surface area contributed by atoms with Crippen molar-refractivity contribution in [2.24, 2.45) is 5.16 Å². The molecule has 0 radical (unpaired) electrons. The topological polar surface area (TPSA) is 51.0 Å². The zero-order valence-electron chi connectivity index (χ0n) is 7.82. The van der Waals surface area contributed by atoms with Crippen LogP contribution in [0.15, 0.2) is 21.8 Å². The first kappa shape index (κ1) is 10.8. The monoisotopic (exact) mass is 259 g/mol. The largest absolute Gasteiger partial charge is 0.504 e. The van der Waals surface area contributed by atoms with Gasteiger partial charge in [-0.15, -0.1) is 0 Å². The molecule has 0 amide bonds. The highest BCUT2D eigenvalue weighted by Gasteiger charge is 2.07. The average molecular weight is 260 g/mol. The molecule has 0 atom stereocenters. The number of phenols is 1. The van der Waals surface area contributed by atoms with Gasteiger partial charge in [0.15, 0.2) is 11.5 Å². The zero-order chi connectivity index (χ0) is 10.6. The zero-order valence-corrected chi connectivity index (χ0v) is 9.41. The van der Waals surface area contributed by atoms with Gasteiger partial charge in [-0.3, -0.25) is 0 Å². The van der Waals surface area contributed by atoms with E-state index in [0.717, 1.165) is 4.47 Å². The summed E-state index contributed by atoms with van der Waals surface area (Å²) in [5.74, 6) is 0.424. The van der Waals surface area contributed by atoms with E-state index in [1.807, 2.05) is 0 Å². The second-order valence-corrected chi connectivity index (χ2v) is 3.38. The predicted octanol–water partition coefficient (Wildman–Crippen LogP) is 2.14. The quantitative estimate of drug-likeness (QED) is 0.669. The Hall–Kier alpha value is -1.23. The van der Waals surface area contributed by atoms with Crippen LogP contribution >= 0.6 is 15.9 Å². The van der Waals surface area contributed by atoms with Gasteiger partial charge in [-0.05, 0) is 12.1 Å². The van der Waals surface area contributed by atoms with Gasteiger partial charge in [-0.2, -0.15) is 0 Å². The number of aromatic hydroxyl groups is 1. The first-order valence-electron chi connectivity index (χ1n) is 3.82. The maximum Gasteiger partial charge on any atom is 0.166 e. The van der Waals surface area contributed by atoms with Crippen LogP contribution in [0, 0.1) is 0 Å². The Bertz CT molecular complexity index is 352. The highest BCUT2D eigenvalue weighted by molar-refractivity contribution is 9.10. The molecule has 0 bridgehead atoms. The summed E-state index contributed by atoms with van der Waals surface area (Å²) in [6.07, 6.45) is 1.41. The van der Waals surface area contributed by atoms with Crippen molar-refractivity contribution in [2.45, 2.75) is 0 Å². The number of methoxy groups -OCH3 is 1. The van der Waals surface area contributed by atoms with Crippen LogP contribution in [-0.4, -0.2) is 25.5 Å². The van der Waals surface area contributed by atoms with E-state index in [9.17, 15) is 5.11 Å². The van der Waals surface area contributed by atoms with Crippen LogP contribution in [0.2, 0.25) is 0 Å². The van der Waals surface area contributed by atoms with E-state index in [4.69, 9.17) is 4.74 Å². The van der Waals surface area contributed by atoms with Crippen molar-refractivity contribution in [3.8, 4) is 11.5 Å². The SMILES string of the molecule is CO/N=C\c1cc(Br)cc(OC)c1O. The standard InChI is InChI=1S/C9H10BrNO3/c1-13-8-4-7(10)3-6(9(8)12)5-11-14-2/h3-5,12H,1-2H3/b11-5-. The number of hydrogen-bond acceptors (Lipinski definition) is 4. The van der Waals surface area contributed by atoms with Crippen molar-refractivity contribution in [1.82, 2.24) is 0 Å². The number of nitrogens with zero attached hydrogens (tertiary/aromatic N) is 1. The lowest BCUT2D eigenvalue weighted by Gasteiger charge is -2.06. The average Bonchev–Trinajstić information content (AvgIpc) is 2.18. The molecule has 0 aliphatic heterocycles. The second kappa shape index (κ2) is 4.85. The van der Waals surface area contributed by atoms with Crippen LogP contribution in [0.4, 0.5) is 0 Å². The summed E-state index contributed by atoms with van der Waals surface area (Å²) < 4.78 is 5.76. The summed E-state index contributed by atoms with van der Waals surface area (Å²) >= 11 is 3.29. The molecule has 76 valence electrons. The fourth-order valence-electron chi connectivity index (χ4n) is 0.958. The molecule has 0 spiro atoms. The van der Waals surface area contributed by atoms with Crippen LogP contribution in [0.25, 0.3) is 0 Å². The number of hydrogen-bond donors (Lipinski definition) is 1. The molecule has 0 aromatic heterocycles. The highest BCUT2D eigenvalue weighted by atomic mass is 79.9. The van der Waals surface area contributed by atoms with E-state index in [1.54, 1.807) is 12.1 Å². The van der Waals surface area contributed by atoms with Crippen LogP contribution in [0.3, 0.4) is 0 Å². The van der Waals surface area contributed by atoms with Crippen molar-refractivity contribution in [2.75, 3.05) is 14.2 Å². The van der Waals surface area contributed by atoms with Gasteiger partial charge >= 0.3 is 0 Å². The molecule has 0 aliphatic carbocycles. The summed E-state index contributed by atoms with van der Waals surface area (Å²) in [6.45, 7) is 0. The van der Waals surface area contributed by atoms with Gasteiger partial charge in [0, 0.05) is 10.0 Å². The van der Waals surface area contributed by atoms with Gasteiger partial charge in [-0.25, -0.2) is 0 Å². The number of halogens is 1. The molecular weight excluding hydrogens is 250 g/mol. The Morgan fingerprint density at radius 2 is 2.14 bits per heavy atom. The van der Waals surface area contributed by atoms with Gasteiger partial charge in [0.25, 0.3) is 0 Å². The number of benzene rings is 1. The normalized spacial score (nSPS) is 10.5. The van der Waals surface area contributed by atoms with Crippen molar-refractivity contribution >= 4 is 22.1 Å². The molecule has 1 N–H and O–H groups in total. The summed E-state index contributed by atoms with van der Waals surface area (Å²) in [5.41, 5.74) is 0.526. The number of phenolic OH excluding ortho intramolecular Hbond substituents is 1. The van der Waals surface area contributed by atoms with E-state index in [0.29, 0.717) is 11.3 Å². The summed E-state index contributed by atoms with van der Waals surface area (Å²) in [6, 6.07) is 3.37. The van der Waals surface area contributed by atoms with Crippen molar-refractivity contribution < 1.29 is 14.7 Å². The summed E-state index contributed by atoms with van der Waals surface area (Å²) in [7, 11) is 2.92. The Morgan fingerprint density at radius 1 is 1.43 bits per heavy atom. The Labute approximate surface area is 90.3 Å². The number of oxime groups is 1. The number of rotatable bonds is 3. The fraction of sp³-hybridized carbons (Fsp3) is 0.222. The van der Waals surface area contributed by atoms with Crippen LogP contribution < -0.4 is 4.74 Å². The summed E-state index contributed by atoms with van der Waals surface area (Å²) in [5, 5.41) is 13.2. The molecule has 4 nitrogen and oxygen atoms in total. The molecule has 0 saturated carbocycles. The van der Waals surface area contributed by atoms with E-state index < -0.39 is 0 Å². The van der Waals surface area contributed by atoms with Gasteiger partial charge < -0.3 is 14.7 Å². The first-order valence-corrected chi connectivity index (χ1v) is 4.61. The highest BCUT2D eigenvalue weighted by Crippen LogP contribution is 2.32. The van der Waals surface area contributed by atoms with Crippen LogP contribution in [0.1, 0.15) is 5.56 Å². The predicted molar refractivity (Wildman–Crippen MR) is 57.0 cm³/mol. The van der Waals surface area contributed by atoms with E-state index in [1.165, 1.54) is 20.4 Å². The van der Waals surface area contributed by atoms with Gasteiger partial charge in [-0.1, -0.05) is 21.1 Å². The Balaban J connectivity index is 3.15.